The van der Waals surface area contributed by atoms with Gasteiger partial charge in [-0.2, -0.15) is 0 Å². The Bertz CT molecular complexity index is 1170. The quantitative estimate of drug-likeness (QED) is 0.303. The third-order valence-corrected chi connectivity index (χ3v) is 6.63. The normalized spacial score (nSPS) is 11.1. The summed E-state index contributed by atoms with van der Waals surface area (Å²) in [5.41, 5.74) is 0.236. The van der Waals surface area contributed by atoms with Gasteiger partial charge in [-0.15, -0.1) is 11.3 Å². The molecule has 1 aromatic heterocycles. The fourth-order valence-electron chi connectivity index (χ4n) is 2.59. The number of rotatable bonds is 6. The number of carbonyl (C=O) groups excluding carboxylic acids is 1. The van der Waals surface area contributed by atoms with Crippen LogP contribution in [0, 0.1) is 10.1 Å². The van der Waals surface area contributed by atoms with Crippen LogP contribution < -0.4 is 10.6 Å². The fourth-order valence-corrected chi connectivity index (χ4v) is 4.36. The van der Waals surface area contributed by atoms with E-state index in [2.05, 4.69) is 15.6 Å². The zero-order valence-corrected chi connectivity index (χ0v) is 19.0. The molecule has 3 aromatic rings. The second-order valence-electron chi connectivity index (χ2n) is 7.73. The Morgan fingerprint density at radius 1 is 1.12 bits per heavy atom. The van der Waals surface area contributed by atoms with Gasteiger partial charge in [0.25, 0.3) is 11.6 Å². The molecule has 1 heterocycles. The molecule has 0 radical (unpaired) electrons. The molecule has 3 rings (SSSR count). The molecular weight excluding hydrogens is 452 g/mol. The van der Waals surface area contributed by atoms with Crippen molar-refractivity contribution in [3.8, 4) is 0 Å². The molecule has 3 N–H and O–H groups in total. The monoisotopic (exact) mass is 472 g/mol. The standard InChI is InChI=1S/C21H20N4O5S2/c1-21(2,3)17-11-22-19(32-17)24-18(26)12-4-9-16(15(10-12)25(29)30)31-14-7-5-13(6-8-14)23-20(27)28/h4-11,23H,1-3H3,(H,27,28)(H,22,24,26). The number of hydrogen-bond donors (Lipinski definition) is 3. The minimum atomic E-state index is -1.18. The number of nitrogens with zero attached hydrogens (tertiary/aromatic N) is 2. The molecule has 2 aromatic carbocycles. The van der Waals surface area contributed by atoms with Gasteiger partial charge in [-0.25, -0.2) is 9.78 Å². The second kappa shape index (κ2) is 9.37. The van der Waals surface area contributed by atoms with Crippen LogP contribution in [0.15, 0.2) is 58.5 Å². The molecule has 2 amide bonds. The Balaban J connectivity index is 1.78. The van der Waals surface area contributed by atoms with E-state index in [-0.39, 0.29) is 16.7 Å². The van der Waals surface area contributed by atoms with Crippen LogP contribution in [-0.2, 0) is 5.41 Å². The maximum absolute atomic E-state index is 12.6. The summed E-state index contributed by atoms with van der Waals surface area (Å²) in [6, 6.07) is 10.7. The van der Waals surface area contributed by atoms with Crippen LogP contribution in [0.1, 0.15) is 36.0 Å². The number of nitro benzene ring substituents is 1. The Hall–Kier alpha value is -3.44. The number of carbonyl (C=O) groups is 2. The number of thiazole rings is 1. The number of benzene rings is 2. The van der Waals surface area contributed by atoms with Crippen molar-refractivity contribution < 1.29 is 19.6 Å². The van der Waals surface area contributed by atoms with Crippen LogP contribution in [0.25, 0.3) is 0 Å². The van der Waals surface area contributed by atoms with E-state index in [4.69, 9.17) is 5.11 Å². The highest BCUT2D eigenvalue weighted by atomic mass is 32.2. The highest BCUT2D eigenvalue weighted by Crippen LogP contribution is 2.36. The summed E-state index contributed by atoms with van der Waals surface area (Å²) in [7, 11) is 0. The summed E-state index contributed by atoms with van der Waals surface area (Å²) >= 11 is 2.50. The minimum absolute atomic E-state index is 0.0970. The van der Waals surface area contributed by atoms with Gasteiger partial charge in [0.05, 0.1) is 9.82 Å². The van der Waals surface area contributed by atoms with E-state index >= 15 is 0 Å². The van der Waals surface area contributed by atoms with Crippen LogP contribution in [0.2, 0.25) is 0 Å². The van der Waals surface area contributed by atoms with E-state index in [1.165, 1.54) is 29.5 Å². The Morgan fingerprint density at radius 3 is 2.38 bits per heavy atom. The molecule has 0 aliphatic rings. The Labute approximate surface area is 192 Å². The molecule has 32 heavy (non-hydrogen) atoms. The maximum atomic E-state index is 12.6. The molecule has 11 heteroatoms. The van der Waals surface area contributed by atoms with E-state index < -0.39 is 16.9 Å². The van der Waals surface area contributed by atoms with Crippen LogP contribution in [0.3, 0.4) is 0 Å². The topological polar surface area (TPSA) is 134 Å². The zero-order valence-electron chi connectivity index (χ0n) is 17.4. The molecule has 0 atom stereocenters. The largest absolute Gasteiger partial charge is 0.465 e. The van der Waals surface area contributed by atoms with Crippen LogP contribution >= 0.6 is 23.1 Å². The van der Waals surface area contributed by atoms with Gasteiger partial charge in [0.15, 0.2) is 5.13 Å². The number of hydrogen-bond acceptors (Lipinski definition) is 7. The molecule has 0 fully saturated rings. The average Bonchev–Trinajstić information content (AvgIpc) is 3.18. The lowest BCUT2D eigenvalue weighted by atomic mass is 9.96. The van der Waals surface area contributed by atoms with E-state index in [9.17, 15) is 19.7 Å². The summed E-state index contributed by atoms with van der Waals surface area (Å²) in [5, 5.41) is 25.7. The SMILES string of the molecule is CC(C)(C)c1cnc(NC(=O)c2ccc(Sc3ccc(NC(=O)O)cc3)c([N+](=O)[O-])c2)s1. The summed E-state index contributed by atoms with van der Waals surface area (Å²) in [6.07, 6.45) is 0.530. The van der Waals surface area contributed by atoms with Gasteiger partial charge in [0, 0.05) is 33.3 Å². The van der Waals surface area contributed by atoms with Crippen molar-refractivity contribution in [2.45, 2.75) is 36.0 Å². The highest BCUT2D eigenvalue weighted by Gasteiger charge is 2.21. The van der Waals surface area contributed by atoms with Crippen LogP contribution in [0.4, 0.5) is 21.3 Å². The predicted molar refractivity (Wildman–Crippen MR) is 124 cm³/mol. The van der Waals surface area contributed by atoms with Gasteiger partial charge in [-0.3, -0.25) is 25.5 Å². The van der Waals surface area contributed by atoms with Gasteiger partial charge >= 0.3 is 6.09 Å². The molecule has 0 aliphatic carbocycles. The van der Waals surface area contributed by atoms with E-state index in [1.54, 1.807) is 30.5 Å². The zero-order chi connectivity index (χ0) is 23.5. The van der Waals surface area contributed by atoms with E-state index in [0.717, 1.165) is 16.6 Å². The summed E-state index contributed by atoms with van der Waals surface area (Å²) in [6.45, 7) is 6.13. The Morgan fingerprint density at radius 2 is 1.81 bits per heavy atom. The van der Waals surface area contributed by atoms with Gasteiger partial charge in [0.1, 0.15) is 0 Å². The van der Waals surface area contributed by atoms with Crippen LogP contribution in [-0.4, -0.2) is 27.0 Å². The van der Waals surface area contributed by atoms with Gasteiger partial charge < -0.3 is 5.11 Å². The first-order valence-electron chi connectivity index (χ1n) is 9.37. The van der Waals surface area contributed by atoms with Crippen LogP contribution in [0.5, 0.6) is 0 Å². The lowest BCUT2D eigenvalue weighted by Gasteiger charge is -2.14. The second-order valence-corrected chi connectivity index (χ2v) is 9.88. The van der Waals surface area contributed by atoms with Crippen molar-refractivity contribution in [3.05, 3.63) is 69.2 Å². The van der Waals surface area contributed by atoms with Crippen molar-refractivity contribution in [1.82, 2.24) is 4.98 Å². The third-order valence-electron chi connectivity index (χ3n) is 4.22. The highest BCUT2D eigenvalue weighted by molar-refractivity contribution is 7.99. The van der Waals surface area contributed by atoms with Crippen molar-refractivity contribution in [2.24, 2.45) is 0 Å². The number of carboxylic acid groups (broad SMARTS) is 1. The van der Waals surface area contributed by atoms with Crippen molar-refractivity contribution in [2.75, 3.05) is 10.6 Å². The van der Waals surface area contributed by atoms with E-state index in [0.29, 0.717) is 20.6 Å². The number of aromatic nitrogens is 1. The first kappa shape index (κ1) is 23.2. The number of nitro groups is 1. The third kappa shape index (κ3) is 5.83. The van der Waals surface area contributed by atoms with Gasteiger partial charge in [-0.05, 0) is 41.8 Å². The molecular formula is C21H20N4O5S2. The average molecular weight is 473 g/mol. The fraction of sp³-hybridized carbons (Fsp3) is 0.190. The number of amides is 2. The van der Waals surface area contributed by atoms with Gasteiger partial charge in [-0.1, -0.05) is 32.5 Å². The van der Waals surface area contributed by atoms with Crippen molar-refractivity contribution in [1.29, 1.82) is 0 Å². The molecule has 9 nitrogen and oxygen atoms in total. The summed E-state index contributed by atoms with van der Waals surface area (Å²) < 4.78 is 0. The molecule has 0 saturated heterocycles. The molecule has 0 spiro atoms. The van der Waals surface area contributed by atoms with E-state index in [1.807, 2.05) is 20.8 Å². The predicted octanol–water partition coefficient (Wildman–Crippen LogP) is 5.84. The lowest BCUT2D eigenvalue weighted by Crippen LogP contribution is -2.12. The molecule has 166 valence electrons. The van der Waals surface area contributed by atoms with Crippen molar-refractivity contribution in [3.63, 3.8) is 0 Å². The minimum Gasteiger partial charge on any atom is -0.465 e. The molecule has 0 unspecified atom stereocenters. The lowest BCUT2D eigenvalue weighted by molar-refractivity contribution is -0.387. The first-order chi connectivity index (χ1) is 15.0. The maximum Gasteiger partial charge on any atom is 0.409 e. The smallest absolute Gasteiger partial charge is 0.409 e. The first-order valence-corrected chi connectivity index (χ1v) is 11.0. The van der Waals surface area contributed by atoms with Gasteiger partial charge in [0.2, 0.25) is 0 Å². The number of anilines is 2. The summed E-state index contributed by atoms with van der Waals surface area (Å²) in [4.78, 5) is 40.6. The number of nitrogens with one attached hydrogen (secondary N) is 2. The molecule has 0 aliphatic heterocycles. The van der Waals surface area contributed by atoms with Crippen molar-refractivity contribution >= 4 is 51.6 Å². The molecule has 0 bridgehead atoms. The summed E-state index contributed by atoms with van der Waals surface area (Å²) in [5.74, 6) is -0.483. The molecule has 0 saturated carbocycles. The Kier molecular flexibility index (Phi) is 6.80.